The minimum Gasteiger partial charge on any atom is -0.470 e. The Morgan fingerprint density at radius 3 is 2.05 bits per heavy atom. The molecule has 6 heteroatoms. The van der Waals surface area contributed by atoms with Crippen LogP contribution in [0, 0.1) is 0 Å². The van der Waals surface area contributed by atoms with E-state index in [2.05, 4.69) is 13.2 Å². The number of esters is 1. The maximum absolute atomic E-state index is 11.1. The number of rotatable bonds is 11. The second-order valence-corrected chi connectivity index (χ2v) is 4.58. The van der Waals surface area contributed by atoms with Gasteiger partial charge in [0.25, 0.3) is 0 Å². The summed E-state index contributed by atoms with van der Waals surface area (Å²) < 4.78 is 26.3. The largest absolute Gasteiger partial charge is 0.470 e. The van der Waals surface area contributed by atoms with Gasteiger partial charge in [-0.25, -0.2) is 4.79 Å². The van der Waals surface area contributed by atoms with Gasteiger partial charge in [0.2, 0.25) is 0 Å². The van der Waals surface area contributed by atoms with Gasteiger partial charge in [0, 0.05) is 5.57 Å². The van der Waals surface area contributed by atoms with Crippen molar-refractivity contribution in [3.05, 3.63) is 24.5 Å². The molecule has 0 radical (unpaired) electrons. The van der Waals surface area contributed by atoms with Gasteiger partial charge in [-0.05, 0) is 34.6 Å². The summed E-state index contributed by atoms with van der Waals surface area (Å²) in [5.74, 6) is 0.132. The summed E-state index contributed by atoms with van der Waals surface area (Å²) in [6.45, 7) is 16.0. The number of hydrogen-bond donors (Lipinski definition) is 0. The van der Waals surface area contributed by atoms with Gasteiger partial charge in [-0.2, -0.15) is 0 Å². The van der Waals surface area contributed by atoms with Crippen LogP contribution in [0.25, 0.3) is 0 Å². The summed E-state index contributed by atoms with van der Waals surface area (Å²) in [7, 11) is 0. The lowest BCUT2D eigenvalue weighted by molar-refractivity contribution is -0.274. The van der Waals surface area contributed by atoms with Crippen molar-refractivity contribution in [3.8, 4) is 0 Å². The Hall–Kier alpha value is -1.37. The lowest BCUT2D eigenvalue weighted by Crippen LogP contribution is -2.27. The van der Waals surface area contributed by atoms with Gasteiger partial charge in [-0.15, -0.1) is 0 Å². The standard InChI is InChI=1S/C15H26O6/c1-10(2)15(16)18-9-8-17-12(5)20-14(7)21-13(6)19-11(3)4/h12-14H,1,3,8-9H2,2,4-7H3. The molecule has 3 atom stereocenters. The predicted molar refractivity (Wildman–Crippen MR) is 78.2 cm³/mol. The molecule has 0 bridgehead atoms. The molecule has 3 unspecified atom stereocenters. The van der Waals surface area contributed by atoms with Gasteiger partial charge >= 0.3 is 5.97 Å². The first-order valence-corrected chi connectivity index (χ1v) is 6.79. The molecule has 0 aromatic rings. The molecule has 0 aliphatic rings. The summed E-state index contributed by atoms with van der Waals surface area (Å²) in [6, 6.07) is 0. The van der Waals surface area contributed by atoms with E-state index in [4.69, 9.17) is 23.7 Å². The Balaban J connectivity index is 3.78. The number of carbonyl (C=O) groups excluding carboxylic acids is 1. The Bertz CT molecular complexity index is 352. The van der Waals surface area contributed by atoms with Crippen LogP contribution >= 0.6 is 0 Å². The monoisotopic (exact) mass is 302 g/mol. The molecule has 0 aromatic carbocycles. The molecule has 122 valence electrons. The zero-order chi connectivity index (χ0) is 16.4. The van der Waals surface area contributed by atoms with Crippen molar-refractivity contribution in [1.82, 2.24) is 0 Å². The van der Waals surface area contributed by atoms with Crippen LogP contribution in [0.5, 0.6) is 0 Å². The van der Waals surface area contributed by atoms with Crippen molar-refractivity contribution < 1.29 is 28.5 Å². The Morgan fingerprint density at radius 2 is 1.52 bits per heavy atom. The van der Waals surface area contributed by atoms with E-state index in [0.29, 0.717) is 11.3 Å². The first-order chi connectivity index (χ1) is 9.72. The summed E-state index contributed by atoms with van der Waals surface area (Å²) in [4.78, 5) is 11.1. The predicted octanol–water partition coefficient (Wildman–Crippen LogP) is 2.74. The van der Waals surface area contributed by atoms with Gasteiger partial charge in [-0.3, -0.25) is 0 Å². The van der Waals surface area contributed by atoms with Crippen LogP contribution in [0.1, 0.15) is 34.6 Å². The molecule has 0 amide bonds. The van der Waals surface area contributed by atoms with E-state index in [1.165, 1.54) is 0 Å². The minimum atomic E-state index is -0.507. The number of ether oxygens (including phenoxy) is 5. The minimum absolute atomic E-state index is 0.143. The first-order valence-electron chi connectivity index (χ1n) is 6.79. The molecular formula is C15H26O6. The van der Waals surface area contributed by atoms with Crippen LogP contribution in [0.15, 0.2) is 24.5 Å². The van der Waals surface area contributed by atoms with Gasteiger partial charge < -0.3 is 23.7 Å². The van der Waals surface area contributed by atoms with E-state index < -0.39 is 24.8 Å². The van der Waals surface area contributed by atoms with Crippen molar-refractivity contribution in [2.75, 3.05) is 13.2 Å². The van der Waals surface area contributed by atoms with Crippen LogP contribution < -0.4 is 0 Å². The van der Waals surface area contributed by atoms with E-state index in [9.17, 15) is 4.79 Å². The fraction of sp³-hybridized carbons (Fsp3) is 0.667. The van der Waals surface area contributed by atoms with Crippen molar-refractivity contribution in [3.63, 3.8) is 0 Å². The smallest absolute Gasteiger partial charge is 0.333 e. The van der Waals surface area contributed by atoms with Gasteiger partial charge in [-0.1, -0.05) is 13.2 Å². The average Bonchev–Trinajstić information content (AvgIpc) is 2.32. The molecule has 0 heterocycles. The molecule has 6 nitrogen and oxygen atoms in total. The SMILES string of the molecule is C=C(C)OC(C)OC(C)OC(C)OCCOC(=O)C(=C)C. The van der Waals surface area contributed by atoms with Gasteiger partial charge in [0.1, 0.15) is 6.61 Å². The fourth-order valence-electron chi connectivity index (χ4n) is 1.39. The molecular weight excluding hydrogens is 276 g/mol. The van der Waals surface area contributed by atoms with Crippen LogP contribution in [-0.4, -0.2) is 38.1 Å². The highest BCUT2D eigenvalue weighted by Gasteiger charge is 2.13. The highest BCUT2D eigenvalue weighted by molar-refractivity contribution is 5.86. The van der Waals surface area contributed by atoms with E-state index in [-0.39, 0.29) is 13.2 Å². The fourth-order valence-corrected chi connectivity index (χ4v) is 1.39. The quantitative estimate of drug-likeness (QED) is 0.192. The second-order valence-electron chi connectivity index (χ2n) is 4.58. The molecule has 0 aromatic heterocycles. The molecule has 0 rings (SSSR count). The Labute approximate surface area is 126 Å². The molecule has 0 aliphatic heterocycles. The number of hydrogen-bond acceptors (Lipinski definition) is 6. The Morgan fingerprint density at radius 1 is 0.952 bits per heavy atom. The Kier molecular flexibility index (Phi) is 9.69. The molecule has 0 saturated heterocycles. The molecule has 0 aliphatic carbocycles. The highest BCUT2D eigenvalue weighted by atomic mass is 16.8. The lowest BCUT2D eigenvalue weighted by Gasteiger charge is -2.23. The first kappa shape index (κ1) is 19.6. The van der Waals surface area contributed by atoms with Crippen LogP contribution in [0.3, 0.4) is 0 Å². The summed E-state index contributed by atoms with van der Waals surface area (Å²) in [5, 5.41) is 0. The zero-order valence-electron chi connectivity index (χ0n) is 13.5. The van der Waals surface area contributed by atoms with Crippen LogP contribution in [0.4, 0.5) is 0 Å². The number of allylic oxidation sites excluding steroid dienone is 1. The van der Waals surface area contributed by atoms with Crippen molar-refractivity contribution in [2.45, 2.75) is 53.5 Å². The third kappa shape index (κ3) is 11.0. The summed E-state index contributed by atoms with van der Waals surface area (Å²) in [6.07, 6.45) is -1.46. The lowest BCUT2D eigenvalue weighted by atomic mass is 10.4. The maximum atomic E-state index is 11.1. The van der Waals surface area contributed by atoms with Crippen LogP contribution in [-0.2, 0) is 28.5 Å². The number of carbonyl (C=O) groups is 1. The maximum Gasteiger partial charge on any atom is 0.333 e. The van der Waals surface area contributed by atoms with Crippen LogP contribution in [0.2, 0.25) is 0 Å². The molecule has 0 N–H and O–H groups in total. The van der Waals surface area contributed by atoms with Crippen molar-refractivity contribution in [2.24, 2.45) is 0 Å². The topological polar surface area (TPSA) is 63.2 Å². The van der Waals surface area contributed by atoms with E-state index in [0.717, 1.165) is 0 Å². The molecule has 21 heavy (non-hydrogen) atoms. The third-order valence-corrected chi connectivity index (χ3v) is 2.15. The van der Waals surface area contributed by atoms with Gasteiger partial charge in [0.05, 0.1) is 12.4 Å². The zero-order valence-corrected chi connectivity index (χ0v) is 13.5. The van der Waals surface area contributed by atoms with E-state index in [1.54, 1.807) is 34.6 Å². The summed E-state index contributed by atoms with van der Waals surface area (Å²) >= 11 is 0. The van der Waals surface area contributed by atoms with E-state index >= 15 is 0 Å². The third-order valence-electron chi connectivity index (χ3n) is 2.15. The van der Waals surface area contributed by atoms with Gasteiger partial charge in [0.15, 0.2) is 18.9 Å². The normalized spacial score (nSPS) is 14.9. The highest BCUT2D eigenvalue weighted by Crippen LogP contribution is 2.08. The molecule has 0 saturated carbocycles. The van der Waals surface area contributed by atoms with E-state index in [1.807, 2.05) is 0 Å². The van der Waals surface area contributed by atoms with Crippen molar-refractivity contribution >= 4 is 5.97 Å². The molecule has 0 fully saturated rings. The average molecular weight is 302 g/mol. The summed E-state index contributed by atoms with van der Waals surface area (Å²) in [5.41, 5.74) is 0.354. The van der Waals surface area contributed by atoms with Crippen molar-refractivity contribution in [1.29, 1.82) is 0 Å². The molecule has 0 spiro atoms. The second kappa shape index (κ2) is 10.4.